The van der Waals surface area contributed by atoms with E-state index in [1.807, 2.05) is 44.2 Å². The van der Waals surface area contributed by atoms with E-state index < -0.39 is 0 Å². The van der Waals surface area contributed by atoms with Crippen LogP contribution >= 0.6 is 0 Å². The van der Waals surface area contributed by atoms with Crippen LogP contribution in [0.15, 0.2) is 54.9 Å². The zero-order chi connectivity index (χ0) is 18.1. The lowest BCUT2D eigenvalue weighted by Gasteiger charge is -2.08. The zero-order valence-electron chi connectivity index (χ0n) is 14.4. The number of nitrogens with zero attached hydrogens (tertiary/aromatic N) is 3. The summed E-state index contributed by atoms with van der Waals surface area (Å²) in [5.41, 5.74) is 5.40. The largest absolute Gasteiger partial charge is 0.345 e. The number of aromatic amines is 1. The fraction of sp³-hybridized carbons (Fsp3) is 0.100. The summed E-state index contributed by atoms with van der Waals surface area (Å²) in [6.07, 6.45) is 3.46. The Bertz CT molecular complexity index is 1100. The third-order valence-corrected chi connectivity index (χ3v) is 4.23. The second kappa shape index (κ2) is 6.40. The summed E-state index contributed by atoms with van der Waals surface area (Å²) >= 11 is 0. The van der Waals surface area contributed by atoms with Gasteiger partial charge in [-0.15, -0.1) is 0 Å². The average Bonchev–Trinajstić information content (AvgIpc) is 3.17. The monoisotopic (exact) mass is 343 g/mol. The summed E-state index contributed by atoms with van der Waals surface area (Å²) < 4.78 is 0. The van der Waals surface area contributed by atoms with E-state index in [4.69, 9.17) is 0 Å². The Morgan fingerprint density at radius 3 is 2.58 bits per heavy atom. The average molecular weight is 343 g/mol. The molecule has 0 aliphatic heterocycles. The number of rotatable bonds is 3. The number of imidazole rings is 1. The second-order valence-electron chi connectivity index (χ2n) is 6.07. The van der Waals surface area contributed by atoms with Crippen molar-refractivity contribution in [3.05, 3.63) is 71.8 Å². The number of hydrogen-bond donors (Lipinski definition) is 2. The topological polar surface area (TPSA) is 83.6 Å². The van der Waals surface area contributed by atoms with Crippen molar-refractivity contribution in [1.29, 1.82) is 0 Å². The number of carbonyl (C=O) groups is 1. The van der Waals surface area contributed by atoms with Gasteiger partial charge >= 0.3 is 0 Å². The molecule has 0 spiro atoms. The van der Waals surface area contributed by atoms with Gasteiger partial charge < -0.3 is 10.3 Å². The van der Waals surface area contributed by atoms with E-state index in [1.54, 1.807) is 24.5 Å². The van der Waals surface area contributed by atoms with Gasteiger partial charge in [-0.05, 0) is 44.2 Å². The number of aromatic nitrogens is 4. The summed E-state index contributed by atoms with van der Waals surface area (Å²) in [4.78, 5) is 28.9. The number of nitrogens with one attached hydrogen (secondary N) is 2. The molecule has 2 aromatic heterocycles. The first-order chi connectivity index (χ1) is 12.6. The first kappa shape index (κ1) is 16.0. The van der Waals surface area contributed by atoms with Crippen LogP contribution in [0.1, 0.15) is 21.7 Å². The molecule has 1 amide bonds. The molecule has 6 nitrogen and oxygen atoms in total. The molecule has 0 saturated heterocycles. The fourth-order valence-electron chi connectivity index (χ4n) is 2.74. The van der Waals surface area contributed by atoms with Crippen LogP contribution in [-0.2, 0) is 0 Å². The van der Waals surface area contributed by atoms with Crippen molar-refractivity contribution in [2.45, 2.75) is 13.8 Å². The second-order valence-corrected chi connectivity index (χ2v) is 6.07. The van der Waals surface area contributed by atoms with Gasteiger partial charge in [0.2, 0.25) is 0 Å². The Balaban J connectivity index is 1.61. The van der Waals surface area contributed by atoms with Gasteiger partial charge in [0.05, 0.1) is 22.4 Å². The SMILES string of the molecule is Cc1nc2ccc(C(=O)Nc3cccc(-c4ncc[nH]4)c3)cc2nc1C. The van der Waals surface area contributed by atoms with Crippen molar-refractivity contribution in [2.24, 2.45) is 0 Å². The van der Waals surface area contributed by atoms with Crippen LogP contribution in [0.5, 0.6) is 0 Å². The van der Waals surface area contributed by atoms with Gasteiger partial charge in [-0.25, -0.2) is 15.0 Å². The van der Waals surface area contributed by atoms with E-state index in [1.165, 1.54) is 0 Å². The highest BCUT2D eigenvalue weighted by Gasteiger charge is 2.10. The Morgan fingerprint density at radius 1 is 1.00 bits per heavy atom. The quantitative estimate of drug-likeness (QED) is 0.591. The van der Waals surface area contributed by atoms with E-state index in [2.05, 4.69) is 25.3 Å². The van der Waals surface area contributed by atoms with Crippen molar-refractivity contribution < 1.29 is 4.79 Å². The highest BCUT2D eigenvalue weighted by Crippen LogP contribution is 2.20. The van der Waals surface area contributed by atoms with Crippen molar-refractivity contribution in [3.63, 3.8) is 0 Å². The number of hydrogen-bond acceptors (Lipinski definition) is 4. The predicted octanol–water partition coefficient (Wildman–Crippen LogP) is 3.89. The van der Waals surface area contributed by atoms with Crippen molar-refractivity contribution in [1.82, 2.24) is 19.9 Å². The molecule has 0 aliphatic carbocycles. The number of aryl methyl sites for hydroxylation is 2. The third kappa shape index (κ3) is 3.04. The van der Waals surface area contributed by atoms with Gasteiger partial charge in [-0.3, -0.25) is 4.79 Å². The molecule has 2 aromatic carbocycles. The molecular formula is C20H17N5O. The van der Waals surface area contributed by atoms with E-state index in [0.717, 1.165) is 28.3 Å². The van der Waals surface area contributed by atoms with Crippen LogP contribution in [-0.4, -0.2) is 25.8 Å². The van der Waals surface area contributed by atoms with Crippen LogP contribution in [0.25, 0.3) is 22.4 Å². The number of fused-ring (bicyclic) bond motifs is 1. The number of amides is 1. The number of anilines is 1. The minimum Gasteiger partial charge on any atom is -0.345 e. The Morgan fingerprint density at radius 2 is 1.81 bits per heavy atom. The summed E-state index contributed by atoms with van der Waals surface area (Å²) in [6, 6.07) is 12.9. The maximum absolute atomic E-state index is 12.6. The lowest BCUT2D eigenvalue weighted by atomic mass is 10.1. The molecule has 26 heavy (non-hydrogen) atoms. The van der Waals surface area contributed by atoms with E-state index in [9.17, 15) is 4.79 Å². The van der Waals surface area contributed by atoms with Crippen LogP contribution in [0.4, 0.5) is 5.69 Å². The van der Waals surface area contributed by atoms with Crippen LogP contribution in [0.3, 0.4) is 0 Å². The molecule has 0 bridgehead atoms. The Kier molecular flexibility index (Phi) is 3.93. The molecule has 2 N–H and O–H groups in total. The Hall–Kier alpha value is -3.54. The highest BCUT2D eigenvalue weighted by molar-refractivity contribution is 6.06. The first-order valence-corrected chi connectivity index (χ1v) is 8.26. The highest BCUT2D eigenvalue weighted by atomic mass is 16.1. The molecule has 128 valence electrons. The molecule has 0 radical (unpaired) electrons. The minimum atomic E-state index is -0.191. The maximum Gasteiger partial charge on any atom is 0.255 e. The molecular weight excluding hydrogens is 326 g/mol. The van der Waals surface area contributed by atoms with Crippen LogP contribution < -0.4 is 5.32 Å². The number of H-pyrrole nitrogens is 1. The van der Waals surface area contributed by atoms with E-state index in [0.29, 0.717) is 16.8 Å². The predicted molar refractivity (Wildman–Crippen MR) is 101 cm³/mol. The molecule has 4 aromatic rings. The van der Waals surface area contributed by atoms with E-state index >= 15 is 0 Å². The van der Waals surface area contributed by atoms with Gasteiger partial charge in [-0.2, -0.15) is 0 Å². The summed E-state index contributed by atoms with van der Waals surface area (Å²) in [5, 5.41) is 2.92. The molecule has 0 aliphatic rings. The number of carbonyl (C=O) groups excluding carboxylic acids is 1. The van der Waals surface area contributed by atoms with Gasteiger partial charge in [0, 0.05) is 29.2 Å². The van der Waals surface area contributed by atoms with Crippen LogP contribution in [0.2, 0.25) is 0 Å². The molecule has 6 heteroatoms. The summed E-state index contributed by atoms with van der Waals surface area (Å²) in [5.74, 6) is 0.566. The lowest BCUT2D eigenvalue weighted by Crippen LogP contribution is -2.12. The zero-order valence-corrected chi connectivity index (χ0v) is 14.4. The van der Waals surface area contributed by atoms with Gasteiger partial charge in [0.1, 0.15) is 5.82 Å². The maximum atomic E-state index is 12.6. The van der Waals surface area contributed by atoms with E-state index in [-0.39, 0.29) is 5.91 Å². The van der Waals surface area contributed by atoms with Crippen LogP contribution in [0, 0.1) is 13.8 Å². The molecule has 0 unspecified atom stereocenters. The molecule has 0 saturated carbocycles. The number of benzene rings is 2. The smallest absolute Gasteiger partial charge is 0.255 e. The fourth-order valence-corrected chi connectivity index (χ4v) is 2.74. The lowest BCUT2D eigenvalue weighted by molar-refractivity contribution is 0.102. The standard InChI is InChI=1S/C20H17N5O/c1-12-13(2)24-18-11-15(6-7-17(18)23-12)20(26)25-16-5-3-4-14(10-16)19-21-8-9-22-19/h3-11H,1-2H3,(H,21,22)(H,25,26). The summed E-state index contributed by atoms with van der Waals surface area (Å²) in [6.45, 7) is 3.84. The molecule has 4 rings (SSSR count). The van der Waals surface area contributed by atoms with Gasteiger partial charge in [0.15, 0.2) is 0 Å². The minimum absolute atomic E-state index is 0.191. The van der Waals surface area contributed by atoms with Gasteiger partial charge in [0.25, 0.3) is 5.91 Å². The van der Waals surface area contributed by atoms with Crippen molar-refractivity contribution >= 4 is 22.6 Å². The summed E-state index contributed by atoms with van der Waals surface area (Å²) in [7, 11) is 0. The van der Waals surface area contributed by atoms with Crippen molar-refractivity contribution in [3.8, 4) is 11.4 Å². The molecule has 0 fully saturated rings. The first-order valence-electron chi connectivity index (χ1n) is 8.26. The molecule has 2 heterocycles. The molecule has 0 atom stereocenters. The third-order valence-electron chi connectivity index (χ3n) is 4.23. The normalized spacial score (nSPS) is 10.8. The Labute approximate surface area is 150 Å². The van der Waals surface area contributed by atoms with Gasteiger partial charge in [-0.1, -0.05) is 12.1 Å². The van der Waals surface area contributed by atoms with Crippen molar-refractivity contribution in [2.75, 3.05) is 5.32 Å².